The van der Waals surface area contributed by atoms with Crippen LogP contribution in [0.5, 0.6) is 5.75 Å². The molecule has 3 aromatic rings. The second-order valence-electron chi connectivity index (χ2n) is 10.4. The van der Waals surface area contributed by atoms with Gasteiger partial charge in [-0.25, -0.2) is 0 Å². The van der Waals surface area contributed by atoms with Gasteiger partial charge in [-0.3, -0.25) is 4.99 Å². The minimum atomic E-state index is -0.101. The van der Waals surface area contributed by atoms with Crippen molar-refractivity contribution in [3.8, 4) is 5.75 Å². The number of hydrogen-bond acceptors (Lipinski definition) is 3. The molecular weight excluding hydrogens is 449 g/mol. The number of benzene rings is 3. The summed E-state index contributed by atoms with van der Waals surface area (Å²) in [6.07, 6.45) is 3.01. The Morgan fingerprint density at radius 2 is 1.63 bits per heavy atom. The summed E-state index contributed by atoms with van der Waals surface area (Å²) in [5.41, 5.74) is 7.23. The Kier molecular flexibility index (Phi) is 8.91. The summed E-state index contributed by atoms with van der Waals surface area (Å²) in [4.78, 5) is 4.76. The minimum Gasteiger partial charge on any atom is -0.467 e. The zero-order chi connectivity index (χ0) is 25.6. The molecule has 4 heteroatoms. The second kappa shape index (κ2) is 11.5. The van der Waals surface area contributed by atoms with E-state index in [-0.39, 0.29) is 17.4 Å². The van der Waals surface area contributed by atoms with E-state index in [4.69, 9.17) is 14.5 Å². The van der Waals surface area contributed by atoms with Crippen LogP contribution in [-0.4, -0.2) is 20.1 Å². The zero-order valence-electron chi connectivity index (χ0n) is 22.5. The van der Waals surface area contributed by atoms with Crippen molar-refractivity contribution in [1.82, 2.24) is 0 Å². The molecule has 0 aliphatic carbocycles. The fraction of sp³-hybridized carbons (Fsp3) is 0.387. The zero-order valence-corrected chi connectivity index (χ0v) is 23.5. The fourth-order valence-corrected chi connectivity index (χ4v) is 5.80. The van der Waals surface area contributed by atoms with Crippen LogP contribution in [0.15, 0.2) is 65.7 Å². The molecule has 2 atom stereocenters. The van der Waals surface area contributed by atoms with E-state index in [1.165, 1.54) is 27.6 Å². The molecule has 0 saturated heterocycles. The van der Waals surface area contributed by atoms with Gasteiger partial charge in [-0.05, 0) is 59.8 Å². The Balaban J connectivity index is 2.11. The third kappa shape index (κ3) is 6.60. The van der Waals surface area contributed by atoms with Gasteiger partial charge in [0.05, 0.1) is 5.69 Å². The predicted octanol–water partition coefficient (Wildman–Crippen LogP) is 7.96. The highest BCUT2D eigenvalue weighted by Crippen LogP contribution is 2.50. The molecule has 0 heterocycles. The summed E-state index contributed by atoms with van der Waals surface area (Å²) in [5, 5.41) is 1.25. The summed E-state index contributed by atoms with van der Waals surface area (Å²) in [5.74, 6) is 0.949. The third-order valence-electron chi connectivity index (χ3n) is 6.58. The van der Waals surface area contributed by atoms with Crippen molar-refractivity contribution in [3.63, 3.8) is 0 Å². The second-order valence-corrected chi connectivity index (χ2v) is 12.3. The lowest BCUT2D eigenvalue weighted by atomic mass is 9.82. The van der Waals surface area contributed by atoms with Gasteiger partial charge in [-0.2, -0.15) is 0 Å². The largest absolute Gasteiger partial charge is 0.467 e. The van der Waals surface area contributed by atoms with Crippen molar-refractivity contribution >= 4 is 25.8 Å². The topological polar surface area (TPSA) is 30.8 Å². The number of aryl methyl sites for hydroxylation is 2. The molecule has 0 aliphatic rings. The summed E-state index contributed by atoms with van der Waals surface area (Å²) in [6, 6.07) is 21.3. The molecule has 0 spiro atoms. The first-order valence-electron chi connectivity index (χ1n) is 12.3. The number of rotatable bonds is 9. The number of hydrogen-bond donors (Lipinski definition) is 0. The SMILES string of the molecule is CCC(C)(Pc1c(C)cccc1/C=N/c1ccccc1)c1cc(C(C)(C)C)cc(C)c1OCOC. The van der Waals surface area contributed by atoms with Gasteiger partial charge < -0.3 is 9.47 Å². The van der Waals surface area contributed by atoms with Crippen LogP contribution in [0, 0.1) is 13.8 Å². The van der Waals surface area contributed by atoms with Crippen molar-refractivity contribution in [3.05, 3.63) is 88.5 Å². The normalized spacial score (nSPS) is 14.1. The molecule has 0 aliphatic heterocycles. The maximum atomic E-state index is 6.19. The molecule has 0 radical (unpaired) electrons. The van der Waals surface area contributed by atoms with Crippen LogP contribution >= 0.6 is 8.58 Å². The number of methoxy groups -OCH3 is 1. The summed E-state index contributed by atoms with van der Waals surface area (Å²) < 4.78 is 11.5. The summed E-state index contributed by atoms with van der Waals surface area (Å²) >= 11 is 0. The van der Waals surface area contributed by atoms with Crippen LogP contribution in [0.4, 0.5) is 5.69 Å². The van der Waals surface area contributed by atoms with Gasteiger partial charge in [-0.15, -0.1) is 0 Å². The molecule has 0 fully saturated rings. The maximum absolute atomic E-state index is 6.19. The molecule has 2 unspecified atom stereocenters. The number of ether oxygens (including phenoxy) is 2. The van der Waals surface area contributed by atoms with E-state index in [0.29, 0.717) is 8.58 Å². The average Bonchev–Trinajstić information content (AvgIpc) is 2.83. The molecule has 3 aromatic carbocycles. The van der Waals surface area contributed by atoms with Crippen LogP contribution in [0.1, 0.15) is 68.9 Å². The van der Waals surface area contributed by atoms with Crippen molar-refractivity contribution in [2.24, 2.45) is 4.99 Å². The third-order valence-corrected chi connectivity index (χ3v) is 8.69. The highest BCUT2D eigenvalue weighted by molar-refractivity contribution is 7.49. The molecule has 3 nitrogen and oxygen atoms in total. The molecule has 3 rings (SSSR count). The molecule has 0 bridgehead atoms. The van der Waals surface area contributed by atoms with Gasteiger partial charge in [-0.1, -0.05) is 91.7 Å². The van der Waals surface area contributed by atoms with Gasteiger partial charge in [0, 0.05) is 29.6 Å². The van der Waals surface area contributed by atoms with Gasteiger partial charge in [0.25, 0.3) is 0 Å². The van der Waals surface area contributed by atoms with Crippen molar-refractivity contribution in [2.75, 3.05) is 13.9 Å². The van der Waals surface area contributed by atoms with Crippen LogP contribution in [0.3, 0.4) is 0 Å². The molecule has 0 aromatic heterocycles. The average molecular weight is 490 g/mol. The monoisotopic (exact) mass is 489 g/mol. The molecule has 0 N–H and O–H groups in total. The van der Waals surface area contributed by atoms with E-state index in [2.05, 4.69) is 78.8 Å². The maximum Gasteiger partial charge on any atom is 0.188 e. The quantitative estimate of drug-likeness (QED) is 0.173. The van der Waals surface area contributed by atoms with Crippen LogP contribution in [0.2, 0.25) is 0 Å². The van der Waals surface area contributed by atoms with Crippen LogP contribution in [0.25, 0.3) is 0 Å². The van der Waals surface area contributed by atoms with Crippen molar-refractivity contribution in [2.45, 2.75) is 65.5 Å². The van der Waals surface area contributed by atoms with E-state index in [1.807, 2.05) is 36.5 Å². The van der Waals surface area contributed by atoms with Crippen molar-refractivity contribution < 1.29 is 9.47 Å². The lowest BCUT2D eigenvalue weighted by molar-refractivity contribution is 0.0495. The Hall–Kier alpha value is -2.48. The predicted molar refractivity (Wildman–Crippen MR) is 153 cm³/mol. The lowest BCUT2D eigenvalue weighted by Gasteiger charge is -2.34. The van der Waals surface area contributed by atoms with E-state index < -0.39 is 0 Å². The van der Waals surface area contributed by atoms with Crippen LogP contribution in [-0.2, 0) is 15.3 Å². The van der Waals surface area contributed by atoms with Crippen LogP contribution < -0.4 is 10.0 Å². The standard InChI is InChI=1S/C31H40NO2P/c1-9-31(7,27-19-25(30(4,5)6)18-23(3)28(27)34-21-33-8)35-29-22(2)14-13-15-24(29)20-32-26-16-11-10-12-17-26/h10-20,35H,9,21H2,1-8H3/b32-20+. The molecule has 35 heavy (non-hydrogen) atoms. The minimum absolute atomic E-state index is 0.0488. The highest BCUT2D eigenvalue weighted by atomic mass is 31.1. The fourth-order valence-electron chi connectivity index (χ4n) is 4.18. The van der Waals surface area contributed by atoms with E-state index in [1.54, 1.807) is 7.11 Å². The molecule has 0 amide bonds. The highest BCUT2D eigenvalue weighted by Gasteiger charge is 2.32. The van der Waals surface area contributed by atoms with E-state index >= 15 is 0 Å². The Bertz CT molecular complexity index is 1160. The molecule has 186 valence electrons. The Morgan fingerprint density at radius 1 is 0.914 bits per heavy atom. The lowest BCUT2D eigenvalue weighted by Crippen LogP contribution is -2.24. The summed E-state index contributed by atoms with van der Waals surface area (Å²) in [7, 11) is 2.23. The smallest absolute Gasteiger partial charge is 0.188 e. The van der Waals surface area contributed by atoms with Crippen molar-refractivity contribution in [1.29, 1.82) is 0 Å². The first kappa shape index (κ1) is 27.1. The number of aliphatic imine (C=N–C) groups is 1. The van der Waals surface area contributed by atoms with E-state index in [0.717, 1.165) is 23.4 Å². The molecule has 0 saturated carbocycles. The van der Waals surface area contributed by atoms with Gasteiger partial charge in [0.1, 0.15) is 5.75 Å². The number of para-hydroxylation sites is 1. The van der Waals surface area contributed by atoms with Gasteiger partial charge >= 0.3 is 0 Å². The van der Waals surface area contributed by atoms with E-state index in [9.17, 15) is 0 Å². The van der Waals surface area contributed by atoms with Gasteiger partial charge in [0.15, 0.2) is 6.79 Å². The Labute approximate surface area is 213 Å². The molecular formula is C31H40NO2P. The first-order valence-corrected chi connectivity index (χ1v) is 13.3. The first-order chi connectivity index (χ1) is 16.6. The number of nitrogens with zero attached hydrogens (tertiary/aromatic N) is 1. The Morgan fingerprint density at radius 3 is 2.26 bits per heavy atom. The summed E-state index contributed by atoms with van der Waals surface area (Å²) in [6.45, 7) is 16.1. The van der Waals surface area contributed by atoms with Gasteiger partial charge in [0.2, 0.25) is 0 Å².